The largest absolute Gasteiger partial charge is 0.342 e. The van der Waals surface area contributed by atoms with Crippen LogP contribution in [0.2, 0.25) is 0 Å². The highest BCUT2D eigenvalue weighted by Gasteiger charge is 2.28. The van der Waals surface area contributed by atoms with E-state index in [0.29, 0.717) is 19.6 Å². The van der Waals surface area contributed by atoms with Crippen LogP contribution in [0.4, 0.5) is 0 Å². The van der Waals surface area contributed by atoms with Crippen LogP contribution in [0.1, 0.15) is 62.5 Å². The molecular formula is C22H33N5O2. The second-order valence-electron chi connectivity index (χ2n) is 9.03. The predicted octanol–water partition coefficient (Wildman–Crippen LogP) is 1.82. The summed E-state index contributed by atoms with van der Waals surface area (Å²) in [5.74, 6) is 2.21. The molecule has 29 heavy (non-hydrogen) atoms. The zero-order valence-electron chi connectivity index (χ0n) is 17.8. The van der Waals surface area contributed by atoms with Crippen LogP contribution in [0, 0.1) is 5.92 Å². The van der Waals surface area contributed by atoms with E-state index in [1.165, 1.54) is 12.8 Å². The second-order valence-corrected chi connectivity index (χ2v) is 9.03. The summed E-state index contributed by atoms with van der Waals surface area (Å²) in [5, 5.41) is 0. The first-order chi connectivity index (χ1) is 14.0. The number of piperidine rings is 2. The van der Waals surface area contributed by atoms with Crippen molar-refractivity contribution in [3.63, 3.8) is 0 Å². The number of aromatic nitrogens is 2. The van der Waals surface area contributed by atoms with Gasteiger partial charge in [0.2, 0.25) is 11.8 Å². The van der Waals surface area contributed by atoms with Gasteiger partial charge in [0.05, 0.1) is 12.2 Å². The Hall–Kier alpha value is -2.02. The molecule has 158 valence electrons. The summed E-state index contributed by atoms with van der Waals surface area (Å²) in [5.41, 5.74) is 2.14. The number of rotatable bonds is 3. The van der Waals surface area contributed by atoms with Crippen LogP contribution in [0.25, 0.3) is 0 Å². The van der Waals surface area contributed by atoms with Crippen molar-refractivity contribution < 1.29 is 9.59 Å². The SMILES string of the molecule is CC(=O)N1CCC[C@H](c2ncc3c(n2)CCN(C(=O)CN2CCC(C)CC2)C3)C1. The van der Waals surface area contributed by atoms with Crippen molar-refractivity contribution in [2.45, 2.75) is 58.4 Å². The molecule has 7 nitrogen and oxygen atoms in total. The lowest BCUT2D eigenvalue weighted by molar-refractivity contribution is -0.133. The Labute approximate surface area is 173 Å². The molecule has 7 heteroatoms. The molecule has 0 radical (unpaired) electrons. The molecule has 2 fully saturated rings. The van der Waals surface area contributed by atoms with Crippen LogP contribution in [0.15, 0.2) is 6.20 Å². The van der Waals surface area contributed by atoms with Crippen molar-refractivity contribution in [3.05, 3.63) is 23.3 Å². The zero-order valence-corrected chi connectivity index (χ0v) is 17.8. The first-order valence-corrected chi connectivity index (χ1v) is 11.1. The van der Waals surface area contributed by atoms with Crippen LogP contribution in [-0.4, -0.2) is 75.8 Å². The quantitative estimate of drug-likeness (QED) is 0.775. The molecular weight excluding hydrogens is 366 g/mol. The Morgan fingerprint density at radius 3 is 2.66 bits per heavy atom. The third kappa shape index (κ3) is 4.77. The van der Waals surface area contributed by atoms with Gasteiger partial charge < -0.3 is 9.80 Å². The van der Waals surface area contributed by atoms with Gasteiger partial charge in [-0.05, 0) is 44.7 Å². The standard InChI is InChI=1S/C22H33N5O2/c1-16-5-9-25(10-6-16)15-21(29)27-11-7-20-19(14-27)12-23-22(24-20)18-4-3-8-26(13-18)17(2)28/h12,16,18H,3-11,13-15H2,1-2H3/t18-/m0/s1. The van der Waals surface area contributed by atoms with Gasteiger partial charge in [-0.15, -0.1) is 0 Å². The lowest BCUT2D eigenvalue weighted by Crippen LogP contribution is -2.45. The van der Waals surface area contributed by atoms with Gasteiger partial charge in [0.15, 0.2) is 0 Å². The number of carbonyl (C=O) groups is 2. The van der Waals surface area contributed by atoms with Gasteiger partial charge >= 0.3 is 0 Å². The molecule has 2 amide bonds. The molecule has 0 bridgehead atoms. The minimum Gasteiger partial charge on any atom is -0.342 e. The van der Waals surface area contributed by atoms with Crippen LogP contribution in [-0.2, 0) is 22.6 Å². The van der Waals surface area contributed by atoms with E-state index < -0.39 is 0 Å². The van der Waals surface area contributed by atoms with E-state index in [4.69, 9.17) is 4.98 Å². The Bertz CT molecular complexity index is 760. The van der Waals surface area contributed by atoms with E-state index in [1.807, 2.05) is 16.0 Å². The van der Waals surface area contributed by atoms with E-state index in [-0.39, 0.29) is 17.7 Å². The normalized spacial score (nSPS) is 23.7. The Kier molecular flexibility index (Phi) is 6.13. The fraction of sp³-hybridized carbons (Fsp3) is 0.727. The molecule has 0 saturated carbocycles. The first-order valence-electron chi connectivity index (χ1n) is 11.1. The number of likely N-dealkylation sites (tertiary alicyclic amines) is 2. The number of fused-ring (bicyclic) bond motifs is 1. The van der Waals surface area contributed by atoms with E-state index in [0.717, 1.165) is 68.4 Å². The molecule has 2 saturated heterocycles. The van der Waals surface area contributed by atoms with E-state index >= 15 is 0 Å². The second kappa shape index (κ2) is 8.78. The number of carbonyl (C=O) groups excluding carboxylic acids is 2. The molecule has 0 aliphatic carbocycles. The first kappa shape index (κ1) is 20.3. The van der Waals surface area contributed by atoms with Crippen molar-refractivity contribution >= 4 is 11.8 Å². The lowest BCUT2D eigenvalue weighted by Gasteiger charge is -2.34. The molecule has 3 aliphatic rings. The maximum atomic E-state index is 12.8. The fourth-order valence-corrected chi connectivity index (χ4v) is 4.73. The number of hydrogen-bond donors (Lipinski definition) is 0. The highest BCUT2D eigenvalue weighted by molar-refractivity contribution is 5.78. The summed E-state index contributed by atoms with van der Waals surface area (Å²) in [6, 6.07) is 0. The molecule has 0 aromatic carbocycles. The summed E-state index contributed by atoms with van der Waals surface area (Å²) in [7, 11) is 0. The molecule has 1 aromatic heterocycles. The van der Waals surface area contributed by atoms with Crippen molar-refractivity contribution in [2.75, 3.05) is 39.3 Å². The molecule has 1 atom stereocenters. The molecule has 4 heterocycles. The third-order valence-electron chi connectivity index (χ3n) is 6.77. The van der Waals surface area contributed by atoms with Gasteiger partial charge in [-0.2, -0.15) is 0 Å². The van der Waals surface area contributed by atoms with E-state index in [1.54, 1.807) is 6.92 Å². The number of amides is 2. The smallest absolute Gasteiger partial charge is 0.237 e. The van der Waals surface area contributed by atoms with Crippen LogP contribution >= 0.6 is 0 Å². The molecule has 4 rings (SSSR count). The van der Waals surface area contributed by atoms with Gasteiger partial charge in [0, 0.05) is 57.2 Å². The summed E-state index contributed by atoms with van der Waals surface area (Å²) >= 11 is 0. The molecule has 0 unspecified atom stereocenters. The van der Waals surface area contributed by atoms with Gasteiger partial charge in [0.25, 0.3) is 0 Å². The van der Waals surface area contributed by atoms with Crippen LogP contribution in [0.5, 0.6) is 0 Å². The predicted molar refractivity (Wildman–Crippen MR) is 110 cm³/mol. The van der Waals surface area contributed by atoms with E-state index in [2.05, 4.69) is 16.8 Å². The number of nitrogens with zero attached hydrogens (tertiary/aromatic N) is 5. The Morgan fingerprint density at radius 1 is 1.10 bits per heavy atom. The van der Waals surface area contributed by atoms with Gasteiger partial charge in [-0.3, -0.25) is 14.5 Å². The molecule has 1 aromatic rings. The summed E-state index contributed by atoms with van der Waals surface area (Å²) in [6.45, 7) is 9.41. The van der Waals surface area contributed by atoms with Crippen molar-refractivity contribution in [1.29, 1.82) is 0 Å². The van der Waals surface area contributed by atoms with Gasteiger partial charge in [0.1, 0.15) is 5.82 Å². The highest BCUT2D eigenvalue weighted by atomic mass is 16.2. The number of hydrogen-bond acceptors (Lipinski definition) is 5. The van der Waals surface area contributed by atoms with Gasteiger partial charge in [-0.25, -0.2) is 9.97 Å². The van der Waals surface area contributed by atoms with Crippen LogP contribution < -0.4 is 0 Å². The minimum absolute atomic E-state index is 0.130. The molecule has 0 N–H and O–H groups in total. The topological polar surface area (TPSA) is 69.6 Å². The Balaban J connectivity index is 1.36. The van der Waals surface area contributed by atoms with Crippen molar-refractivity contribution in [3.8, 4) is 0 Å². The summed E-state index contributed by atoms with van der Waals surface area (Å²) in [6.07, 6.45) is 7.11. The van der Waals surface area contributed by atoms with Crippen molar-refractivity contribution in [2.24, 2.45) is 5.92 Å². The average molecular weight is 400 g/mol. The van der Waals surface area contributed by atoms with Crippen molar-refractivity contribution in [1.82, 2.24) is 24.7 Å². The summed E-state index contributed by atoms with van der Waals surface area (Å²) < 4.78 is 0. The van der Waals surface area contributed by atoms with E-state index in [9.17, 15) is 9.59 Å². The molecule has 3 aliphatic heterocycles. The Morgan fingerprint density at radius 2 is 1.90 bits per heavy atom. The maximum absolute atomic E-state index is 12.8. The molecule has 0 spiro atoms. The monoisotopic (exact) mass is 399 g/mol. The van der Waals surface area contributed by atoms with Gasteiger partial charge in [-0.1, -0.05) is 6.92 Å². The zero-order chi connectivity index (χ0) is 20.4. The average Bonchev–Trinajstić information content (AvgIpc) is 2.74. The lowest BCUT2D eigenvalue weighted by atomic mass is 9.96. The third-order valence-corrected chi connectivity index (χ3v) is 6.77. The fourth-order valence-electron chi connectivity index (χ4n) is 4.73. The highest BCUT2D eigenvalue weighted by Crippen LogP contribution is 2.26. The summed E-state index contributed by atoms with van der Waals surface area (Å²) in [4.78, 5) is 40.1. The van der Waals surface area contributed by atoms with Crippen LogP contribution in [0.3, 0.4) is 0 Å². The minimum atomic E-state index is 0.130. The maximum Gasteiger partial charge on any atom is 0.237 e.